The highest BCUT2D eigenvalue weighted by atomic mass is 14.9. The van der Waals surface area contributed by atoms with Gasteiger partial charge >= 0.3 is 0 Å². The van der Waals surface area contributed by atoms with Gasteiger partial charge in [0.2, 0.25) is 0 Å². The number of benzene rings is 1. The van der Waals surface area contributed by atoms with E-state index in [1.54, 1.807) is 0 Å². The summed E-state index contributed by atoms with van der Waals surface area (Å²) < 4.78 is 0. The van der Waals surface area contributed by atoms with Crippen molar-refractivity contribution in [3.8, 4) is 0 Å². The molecule has 1 unspecified atom stereocenters. The molecule has 0 fully saturated rings. The van der Waals surface area contributed by atoms with E-state index >= 15 is 0 Å². The lowest BCUT2D eigenvalue weighted by Crippen LogP contribution is -2.27. The minimum absolute atomic E-state index is 0.542. The van der Waals surface area contributed by atoms with E-state index in [9.17, 15) is 0 Å². The van der Waals surface area contributed by atoms with Gasteiger partial charge in [0.15, 0.2) is 0 Å². The molecule has 0 aliphatic carbocycles. The Bertz CT molecular complexity index is 255. The Labute approximate surface area is 81.2 Å². The first-order valence-corrected chi connectivity index (χ1v) is 5.19. The maximum absolute atomic E-state index is 3.44. The predicted molar refractivity (Wildman–Crippen MR) is 57.9 cm³/mol. The topological polar surface area (TPSA) is 12.0 Å². The first-order chi connectivity index (χ1) is 6.38. The summed E-state index contributed by atoms with van der Waals surface area (Å²) in [6.45, 7) is 7.34. The molecule has 0 bridgehead atoms. The van der Waals surface area contributed by atoms with E-state index in [0.717, 1.165) is 6.54 Å². The second-order valence-electron chi connectivity index (χ2n) is 3.12. The molecule has 1 N–H and O–H groups in total. The summed E-state index contributed by atoms with van der Waals surface area (Å²) in [4.78, 5) is 0. The van der Waals surface area contributed by atoms with E-state index in [2.05, 4.69) is 36.5 Å². The van der Waals surface area contributed by atoms with Crippen LogP contribution >= 0.6 is 0 Å². The van der Waals surface area contributed by atoms with E-state index in [0.29, 0.717) is 6.04 Å². The predicted octanol–water partition coefficient (Wildman–Crippen LogP) is 2.92. The normalized spacial score (nSPS) is 19.8. The van der Waals surface area contributed by atoms with Crippen LogP contribution in [0.5, 0.6) is 0 Å². The largest absolute Gasteiger partial charge is 0.310 e. The number of rotatable bonds is 0. The molecule has 0 saturated heterocycles. The molecule has 72 valence electrons. The zero-order valence-corrected chi connectivity index (χ0v) is 8.80. The number of fused-ring (bicyclic) bond motifs is 1. The fourth-order valence-corrected chi connectivity index (χ4v) is 1.72. The molecule has 1 aliphatic rings. The monoisotopic (exact) mass is 177 g/mol. The Morgan fingerprint density at radius 3 is 2.62 bits per heavy atom. The zero-order valence-electron chi connectivity index (χ0n) is 8.80. The molecule has 1 atom stereocenters. The van der Waals surface area contributed by atoms with Gasteiger partial charge in [0.25, 0.3) is 0 Å². The van der Waals surface area contributed by atoms with Gasteiger partial charge in [-0.2, -0.15) is 0 Å². The van der Waals surface area contributed by atoms with Crippen LogP contribution in [0.1, 0.15) is 37.9 Å². The standard InChI is InChI=1S/C10H13N.C2H6/c1-8-10-5-3-2-4-9(10)6-7-11-8;1-2/h2-5,8,11H,6-7H2,1H3;1-2H3. The molecule has 0 radical (unpaired) electrons. The molecule has 0 amide bonds. The Hall–Kier alpha value is -0.820. The number of hydrogen-bond acceptors (Lipinski definition) is 1. The van der Waals surface area contributed by atoms with Crippen LogP contribution in [0.2, 0.25) is 0 Å². The molecule has 1 heterocycles. The van der Waals surface area contributed by atoms with Crippen LogP contribution in [0.25, 0.3) is 0 Å². The molecule has 0 aromatic heterocycles. The van der Waals surface area contributed by atoms with Crippen molar-refractivity contribution in [1.29, 1.82) is 0 Å². The van der Waals surface area contributed by atoms with Crippen LogP contribution in [0.3, 0.4) is 0 Å². The van der Waals surface area contributed by atoms with Crippen molar-refractivity contribution >= 4 is 0 Å². The second kappa shape index (κ2) is 5.03. The van der Waals surface area contributed by atoms with Crippen LogP contribution in [-0.2, 0) is 6.42 Å². The minimum atomic E-state index is 0.542. The van der Waals surface area contributed by atoms with Crippen LogP contribution in [0, 0.1) is 0 Å². The quantitative estimate of drug-likeness (QED) is 0.642. The maximum atomic E-state index is 3.44. The van der Waals surface area contributed by atoms with Crippen LogP contribution in [-0.4, -0.2) is 6.54 Å². The lowest BCUT2D eigenvalue weighted by atomic mass is 9.96. The van der Waals surface area contributed by atoms with Crippen molar-refractivity contribution in [2.45, 2.75) is 33.2 Å². The molecular weight excluding hydrogens is 158 g/mol. The van der Waals surface area contributed by atoms with E-state index in [1.807, 2.05) is 13.8 Å². The first-order valence-electron chi connectivity index (χ1n) is 5.19. The lowest BCUT2D eigenvalue weighted by Gasteiger charge is -2.23. The van der Waals surface area contributed by atoms with Gasteiger partial charge in [-0.25, -0.2) is 0 Å². The molecule has 1 aromatic carbocycles. The Balaban J connectivity index is 0.000000396. The van der Waals surface area contributed by atoms with Crippen LogP contribution in [0.15, 0.2) is 24.3 Å². The third-order valence-corrected chi connectivity index (χ3v) is 2.37. The molecule has 0 saturated carbocycles. The summed E-state index contributed by atoms with van der Waals surface area (Å²) in [5, 5.41) is 3.44. The fraction of sp³-hybridized carbons (Fsp3) is 0.500. The summed E-state index contributed by atoms with van der Waals surface area (Å²) in [7, 11) is 0. The summed E-state index contributed by atoms with van der Waals surface area (Å²) >= 11 is 0. The molecular formula is C12H19N. The molecule has 1 heteroatoms. The maximum Gasteiger partial charge on any atom is 0.0294 e. The molecule has 1 aliphatic heterocycles. The highest BCUT2D eigenvalue weighted by molar-refractivity contribution is 5.31. The number of nitrogens with one attached hydrogen (secondary N) is 1. The summed E-state index contributed by atoms with van der Waals surface area (Å²) in [5.74, 6) is 0. The van der Waals surface area contributed by atoms with Crippen molar-refractivity contribution < 1.29 is 0 Å². The van der Waals surface area contributed by atoms with Gasteiger partial charge in [0.05, 0.1) is 0 Å². The average molecular weight is 177 g/mol. The first kappa shape index (κ1) is 10.3. The molecule has 0 spiro atoms. The fourth-order valence-electron chi connectivity index (χ4n) is 1.72. The van der Waals surface area contributed by atoms with Crippen LogP contribution < -0.4 is 5.32 Å². The minimum Gasteiger partial charge on any atom is -0.310 e. The van der Waals surface area contributed by atoms with Gasteiger partial charge in [-0.1, -0.05) is 38.1 Å². The average Bonchev–Trinajstić information content (AvgIpc) is 2.22. The van der Waals surface area contributed by atoms with E-state index < -0.39 is 0 Å². The SMILES string of the molecule is CC.CC1NCCc2ccccc21. The van der Waals surface area contributed by atoms with E-state index in [4.69, 9.17) is 0 Å². The highest BCUT2D eigenvalue weighted by Crippen LogP contribution is 2.21. The Kier molecular flexibility index (Phi) is 3.97. The van der Waals surface area contributed by atoms with Gasteiger partial charge in [-0.05, 0) is 31.0 Å². The van der Waals surface area contributed by atoms with Gasteiger partial charge < -0.3 is 5.32 Å². The molecule has 2 rings (SSSR count). The third kappa shape index (κ3) is 2.31. The number of hydrogen-bond donors (Lipinski definition) is 1. The summed E-state index contributed by atoms with van der Waals surface area (Å²) in [6.07, 6.45) is 1.18. The molecule has 13 heavy (non-hydrogen) atoms. The Morgan fingerprint density at radius 2 is 1.92 bits per heavy atom. The second-order valence-corrected chi connectivity index (χ2v) is 3.12. The van der Waals surface area contributed by atoms with Crippen molar-refractivity contribution in [1.82, 2.24) is 5.32 Å². The van der Waals surface area contributed by atoms with Gasteiger partial charge in [0, 0.05) is 6.04 Å². The van der Waals surface area contributed by atoms with Gasteiger partial charge in [0.1, 0.15) is 0 Å². The molecule has 1 nitrogen and oxygen atoms in total. The van der Waals surface area contributed by atoms with E-state index in [-0.39, 0.29) is 0 Å². The van der Waals surface area contributed by atoms with E-state index in [1.165, 1.54) is 17.5 Å². The van der Waals surface area contributed by atoms with Gasteiger partial charge in [-0.15, -0.1) is 0 Å². The van der Waals surface area contributed by atoms with Crippen molar-refractivity contribution in [3.05, 3.63) is 35.4 Å². The van der Waals surface area contributed by atoms with Crippen molar-refractivity contribution in [3.63, 3.8) is 0 Å². The Morgan fingerprint density at radius 1 is 1.23 bits per heavy atom. The summed E-state index contributed by atoms with van der Waals surface area (Å²) in [5.41, 5.74) is 2.98. The third-order valence-electron chi connectivity index (χ3n) is 2.37. The molecule has 1 aromatic rings. The zero-order chi connectivity index (χ0) is 9.68. The van der Waals surface area contributed by atoms with Crippen molar-refractivity contribution in [2.24, 2.45) is 0 Å². The highest BCUT2D eigenvalue weighted by Gasteiger charge is 2.13. The van der Waals surface area contributed by atoms with Gasteiger partial charge in [-0.3, -0.25) is 0 Å². The lowest BCUT2D eigenvalue weighted by molar-refractivity contribution is 0.541. The van der Waals surface area contributed by atoms with Crippen molar-refractivity contribution in [2.75, 3.05) is 6.54 Å². The van der Waals surface area contributed by atoms with Crippen LogP contribution in [0.4, 0.5) is 0 Å². The summed E-state index contributed by atoms with van der Waals surface area (Å²) in [6, 6.07) is 9.22. The smallest absolute Gasteiger partial charge is 0.0294 e.